The van der Waals surface area contributed by atoms with Gasteiger partial charge in [0.05, 0.1) is 13.2 Å². The van der Waals surface area contributed by atoms with Crippen LogP contribution < -0.4 is 10.6 Å². The minimum atomic E-state index is -0.190. The molecule has 0 fully saturated rings. The summed E-state index contributed by atoms with van der Waals surface area (Å²) in [4.78, 5) is 4.18. The molecule has 0 aromatic heterocycles. The van der Waals surface area contributed by atoms with Crippen molar-refractivity contribution < 1.29 is 13.9 Å². The fraction of sp³-hybridized carbons (Fsp3) is 0.588. The highest BCUT2D eigenvalue weighted by Gasteiger charge is 2.01. The van der Waals surface area contributed by atoms with Gasteiger partial charge in [-0.1, -0.05) is 6.07 Å². The van der Waals surface area contributed by atoms with Crippen LogP contribution in [0.15, 0.2) is 23.2 Å². The molecule has 2 N–H and O–H groups in total. The molecule has 0 amide bonds. The Morgan fingerprint density at radius 2 is 1.92 bits per heavy atom. The molecule has 0 radical (unpaired) electrons. The maximum atomic E-state index is 13.1. The number of aliphatic imine (C=N–C) groups is 1. The first-order chi connectivity index (χ1) is 11.2. The van der Waals surface area contributed by atoms with Crippen LogP contribution in [0.5, 0.6) is 0 Å². The summed E-state index contributed by atoms with van der Waals surface area (Å²) < 4.78 is 23.4. The molecule has 24 heavy (non-hydrogen) atoms. The van der Waals surface area contributed by atoms with E-state index in [1.165, 1.54) is 6.07 Å². The second-order valence-corrected chi connectivity index (χ2v) is 5.21. The topological polar surface area (TPSA) is 54.9 Å². The van der Waals surface area contributed by atoms with E-state index in [1.807, 2.05) is 13.0 Å². The van der Waals surface area contributed by atoms with Crippen molar-refractivity contribution in [3.8, 4) is 0 Å². The van der Waals surface area contributed by atoms with Crippen LogP contribution in [0.1, 0.15) is 17.5 Å². The Labute approximate surface area is 161 Å². The van der Waals surface area contributed by atoms with Crippen molar-refractivity contribution in [3.05, 3.63) is 35.1 Å². The summed E-state index contributed by atoms with van der Waals surface area (Å²) in [5, 5.41) is 6.49. The molecular formula is C17H29FIN3O2. The van der Waals surface area contributed by atoms with Crippen molar-refractivity contribution in [2.75, 3.05) is 47.1 Å². The van der Waals surface area contributed by atoms with Gasteiger partial charge in [-0.25, -0.2) is 4.39 Å². The zero-order valence-electron chi connectivity index (χ0n) is 14.7. The third-order valence-corrected chi connectivity index (χ3v) is 3.40. The molecule has 0 bridgehead atoms. The zero-order chi connectivity index (χ0) is 16.9. The third kappa shape index (κ3) is 10.0. The molecule has 0 heterocycles. The van der Waals surface area contributed by atoms with Crippen LogP contribution in [0.4, 0.5) is 4.39 Å². The maximum absolute atomic E-state index is 13.1. The van der Waals surface area contributed by atoms with Gasteiger partial charge in [0.2, 0.25) is 0 Å². The molecule has 0 unspecified atom stereocenters. The SMILES string of the molecule is CN=C(NCCCOCCOC)NCCc1ccc(F)cc1C.I. The van der Waals surface area contributed by atoms with Crippen molar-refractivity contribution in [2.24, 2.45) is 4.99 Å². The zero-order valence-corrected chi connectivity index (χ0v) is 17.1. The van der Waals surface area contributed by atoms with Gasteiger partial charge in [0.15, 0.2) is 5.96 Å². The predicted octanol–water partition coefficient (Wildman–Crippen LogP) is 2.51. The number of hydrogen-bond donors (Lipinski definition) is 2. The minimum Gasteiger partial charge on any atom is -0.382 e. The summed E-state index contributed by atoms with van der Waals surface area (Å²) in [6.45, 7) is 5.41. The molecule has 5 nitrogen and oxygen atoms in total. The number of aryl methyl sites for hydroxylation is 1. The lowest BCUT2D eigenvalue weighted by Crippen LogP contribution is -2.39. The number of rotatable bonds is 10. The normalized spacial score (nSPS) is 11.1. The molecule has 0 atom stereocenters. The summed E-state index contributed by atoms with van der Waals surface area (Å²) in [5.74, 6) is 0.575. The van der Waals surface area contributed by atoms with Crippen molar-refractivity contribution in [3.63, 3.8) is 0 Å². The van der Waals surface area contributed by atoms with Gasteiger partial charge >= 0.3 is 0 Å². The fourth-order valence-electron chi connectivity index (χ4n) is 2.10. The Hall–Kier alpha value is -0.930. The van der Waals surface area contributed by atoms with E-state index in [4.69, 9.17) is 9.47 Å². The summed E-state index contributed by atoms with van der Waals surface area (Å²) in [6, 6.07) is 4.89. The molecule has 138 valence electrons. The van der Waals surface area contributed by atoms with E-state index in [0.717, 1.165) is 43.0 Å². The number of hydrogen-bond acceptors (Lipinski definition) is 3. The molecule has 0 spiro atoms. The Kier molecular flexibility index (Phi) is 13.9. The van der Waals surface area contributed by atoms with Crippen molar-refractivity contribution >= 4 is 29.9 Å². The number of nitrogens with one attached hydrogen (secondary N) is 2. The molecule has 0 aliphatic rings. The van der Waals surface area contributed by atoms with Crippen molar-refractivity contribution in [1.82, 2.24) is 10.6 Å². The number of ether oxygens (including phenoxy) is 2. The molecule has 0 aliphatic carbocycles. The quantitative estimate of drug-likeness (QED) is 0.248. The largest absolute Gasteiger partial charge is 0.382 e. The van der Waals surface area contributed by atoms with Crippen LogP contribution in [0.2, 0.25) is 0 Å². The summed E-state index contributed by atoms with van der Waals surface area (Å²) >= 11 is 0. The van der Waals surface area contributed by atoms with Crippen LogP contribution >= 0.6 is 24.0 Å². The molecule has 1 rings (SSSR count). The van der Waals surface area contributed by atoms with Gasteiger partial charge in [-0.15, -0.1) is 24.0 Å². The van der Waals surface area contributed by atoms with Gasteiger partial charge in [-0.3, -0.25) is 4.99 Å². The average Bonchev–Trinajstić information content (AvgIpc) is 2.54. The highest BCUT2D eigenvalue weighted by molar-refractivity contribution is 14.0. The standard InChI is InChI=1S/C17H28FN3O2.HI/c1-14-13-16(18)6-5-15(14)7-9-21-17(19-2)20-8-4-10-23-12-11-22-3;/h5-6,13H,4,7-12H2,1-3H3,(H2,19,20,21);1H. The van der Waals surface area contributed by atoms with Crippen LogP contribution in [-0.2, 0) is 15.9 Å². The molecule has 7 heteroatoms. The summed E-state index contributed by atoms with van der Waals surface area (Å²) in [7, 11) is 3.40. The van der Waals surface area contributed by atoms with Gasteiger partial charge in [0.25, 0.3) is 0 Å². The molecular weight excluding hydrogens is 424 g/mol. The molecule has 1 aromatic carbocycles. The molecule has 0 aliphatic heterocycles. The lowest BCUT2D eigenvalue weighted by Gasteiger charge is -2.12. The second kappa shape index (κ2) is 14.4. The lowest BCUT2D eigenvalue weighted by atomic mass is 10.1. The number of benzene rings is 1. The highest BCUT2D eigenvalue weighted by Crippen LogP contribution is 2.10. The first-order valence-electron chi connectivity index (χ1n) is 7.93. The number of methoxy groups -OCH3 is 1. The van der Waals surface area contributed by atoms with E-state index in [9.17, 15) is 4.39 Å². The van der Waals surface area contributed by atoms with Crippen LogP contribution in [0.25, 0.3) is 0 Å². The molecule has 0 saturated carbocycles. The first-order valence-corrected chi connectivity index (χ1v) is 7.93. The lowest BCUT2D eigenvalue weighted by molar-refractivity contribution is 0.0698. The molecule has 0 saturated heterocycles. The molecule has 1 aromatic rings. The van der Waals surface area contributed by atoms with Gasteiger partial charge in [0.1, 0.15) is 5.82 Å². The highest BCUT2D eigenvalue weighted by atomic mass is 127. The van der Waals surface area contributed by atoms with E-state index in [1.54, 1.807) is 20.2 Å². The Balaban J connectivity index is 0.00000529. The Morgan fingerprint density at radius 1 is 1.17 bits per heavy atom. The number of halogens is 2. The van der Waals surface area contributed by atoms with E-state index in [2.05, 4.69) is 15.6 Å². The predicted molar refractivity (Wildman–Crippen MR) is 107 cm³/mol. The summed E-state index contributed by atoms with van der Waals surface area (Å²) in [5.41, 5.74) is 2.11. The Morgan fingerprint density at radius 3 is 2.58 bits per heavy atom. The van der Waals surface area contributed by atoms with E-state index >= 15 is 0 Å². The number of guanidine groups is 1. The van der Waals surface area contributed by atoms with Gasteiger partial charge in [-0.05, 0) is 43.0 Å². The van der Waals surface area contributed by atoms with Crippen molar-refractivity contribution in [2.45, 2.75) is 19.8 Å². The monoisotopic (exact) mass is 453 g/mol. The second-order valence-electron chi connectivity index (χ2n) is 5.21. The maximum Gasteiger partial charge on any atom is 0.190 e. The van der Waals surface area contributed by atoms with Crippen LogP contribution in [-0.4, -0.2) is 53.0 Å². The first kappa shape index (κ1) is 23.1. The van der Waals surface area contributed by atoms with Gasteiger partial charge < -0.3 is 20.1 Å². The smallest absolute Gasteiger partial charge is 0.190 e. The van der Waals surface area contributed by atoms with Crippen LogP contribution in [0.3, 0.4) is 0 Å². The Bertz CT molecular complexity index is 487. The number of nitrogens with zero attached hydrogens (tertiary/aromatic N) is 1. The minimum absolute atomic E-state index is 0. The van der Waals surface area contributed by atoms with E-state index in [0.29, 0.717) is 19.8 Å². The van der Waals surface area contributed by atoms with E-state index < -0.39 is 0 Å². The van der Waals surface area contributed by atoms with Crippen molar-refractivity contribution in [1.29, 1.82) is 0 Å². The summed E-state index contributed by atoms with van der Waals surface area (Å²) in [6.07, 6.45) is 1.73. The van der Waals surface area contributed by atoms with Gasteiger partial charge in [0, 0.05) is 33.9 Å². The average molecular weight is 453 g/mol. The van der Waals surface area contributed by atoms with Crippen LogP contribution in [0, 0.1) is 12.7 Å². The third-order valence-electron chi connectivity index (χ3n) is 3.40. The van der Waals surface area contributed by atoms with E-state index in [-0.39, 0.29) is 29.8 Å². The fourth-order valence-corrected chi connectivity index (χ4v) is 2.10. The van der Waals surface area contributed by atoms with Gasteiger partial charge in [-0.2, -0.15) is 0 Å².